The molecule has 0 aliphatic carbocycles. The smallest absolute Gasteiger partial charge is 0.167 e. The van der Waals surface area contributed by atoms with Crippen molar-refractivity contribution in [2.24, 2.45) is 0 Å². The van der Waals surface area contributed by atoms with E-state index in [2.05, 4.69) is 25.4 Å². The second kappa shape index (κ2) is 9.43. The van der Waals surface area contributed by atoms with Crippen molar-refractivity contribution in [1.29, 1.82) is 0 Å². The van der Waals surface area contributed by atoms with Gasteiger partial charge in [-0.3, -0.25) is 4.57 Å². The van der Waals surface area contributed by atoms with Crippen molar-refractivity contribution >= 4 is 17.0 Å². The molecule has 4 atom stereocenters. The van der Waals surface area contributed by atoms with Gasteiger partial charge in [-0.15, -0.1) is 0 Å². The fourth-order valence-corrected chi connectivity index (χ4v) is 3.86. The zero-order valence-corrected chi connectivity index (χ0v) is 18.2. The minimum atomic E-state index is -1.22. The molecule has 1 aliphatic rings. The number of ether oxygens (including phenoxy) is 2. The molecule has 0 spiro atoms. The van der Waals surface area contributed by atoms with Crippen molar-refractivity contribution in [3.63, 3.8) is 0 Å². The van der Waals surface area contributed by atoms with E-state index >= 15 is 0 Å². The minimum Gasteiger partial charge on any atom is -0.387 e. The van der Waals surface area contributed by atoms with Crippen LogP contribution in [-0.2, 0) is 22.6 Å². The molecule has 1 saturated heterocycles. The number of fused-ring (bicyclic) bond motifs is 1. The van der Waals surface area contributed by atoms with E-state index in [-0.39, 0.29) is 19.0 Å². The maximum absolute atomic E-state index is 13.4. The first kappa shape index (κ1) is 22.3. The average molecular weight is 470 g/mol. The second-order valence-corrected chi connectivity index (χ2v) is 8.02. The molecule has 0 bridgehead atoms. The Bertz CT molecular complexity index is 1280. The summed E-state index contributed by atoms with van der Waals surface area (Å²) in [5, 5.41) is 28.1. The number of halogens is 1. The van der Waals surface area contributed by atoms with E-state index in [0.29, 0.717) is 35.0 Å². The highest BCUT2D eigenvalue weighted by atomic mass is 19.1. The number of benzene rings is 1. The van der Waals surface area contributed by atoms with Crippen molar-refractivity contribution < 1.29 is 28.6 Å². The Kier molecular flexibility index (Phi) is 6.20. The maximum Gasteiger partial charge on any atom is 0.167 e. The SMILES string of the molecule is Cc1cc(COC[C@H]2O[C@@H](n3cnc4c(NCc5cccc(F)c5)ncnc43)[C@H](O)[C@@H]2O)no1. The predicted octanol–water partition coefficient (Wildman–Crippen LogP) is 1.71. The largest absolute Gasteiger partial charge is 0.387 e. The van der Waals surface area contributed by atoms with Crippen molar-refractivity contribution in [2.45, 2.75) is 44.6 Å². The van der Waals surface area contributed by atoms with Gasteiger partial charge in [0.1, 0.15) is 41.9 Å². The Morgan fingerprint density at radius 3 is 2.85 bits per heavy atom. The predicted molar refractivity (Wildman–Crippen MR) is 116 cm³/mol. The van der Waals surface area contributed by atoms with E-state index in [0.717, 1.165) is 5.56 Å². The molecule has 178 valence electrons. The molecular formula is C22H23FN6O5. The molecule has 4 aromatic rings. The first-order chi connectivity index (χ1) is 16.5. The normalized spacial score (nSPS) is 22.5. The number of nitrogens with zero attached hydrogens (tertiary/aromatic N) is 5. The van der Waals surface area contributed by atoms with Gasteiger partial charge >= 0.3 is 0 Å². The first-order valence-corrected chi connectivity index (χ1v) is 10.7. The van der Waals surface area contributed by atoms with Crippen LogP contribution in [0.15, 0.2) is 47.5 Å². The molecule has 0 saturated carbocycles. The van der Waals surface area contributed by atoms with Crippen LogP contribution in [0, 0.1) is 12.7 Å². The number of aliphatic hydroxyl groups is 2. The zero-order valence-electron chi connectivity index (χ0n) is 18.2. The number of hydrogen-bond acceptors (Lipinski definition) is 10. The summed E-state index contributed by atoms with van der Waals surface area (Å²) in [6.07, 6.45) is -1.26. The Balaban J connectivity index is 1.28. The van der Waals surface area contributed by atoms with Crippen molar-refractivity contribution in [1.82, 2.24) is 24.7 Å². The standard InChI is InChI=1S/C22H23FN6O5/c1-12-5-15(28-34-12)8-32-9-16-18(30)19(31)22(33-16)29-11-27-17-20(25-10-26-21(17)29)24-7-13-3-2-4-14(23)6-13/h2-6,10-11,16,18-19,22,30-31H,7-9H2,1H3,(H,24,25,26)/t16-,18-,19-,22-/m1/s1. The second-order valence-electron chi connectivity index (χ2n) is 8.02. The zero-order chi connectivity index (χ0) is 23.7. The Hall–Kier alpha value is -3.45. The highest BCUT2D eigenvalue weighted by Crippen LogP contribution is 2.32. The van der Waals surface area contributed by atoms with Gasteiger partial charge in [0.2, 0.25) is 0 Å². The van der Waals surface area contributed by atoms with Gasteiger partial charge in [0.15, 0.2) is 23.2 Å². The lowest BCUT2D eigenvalue weighted by atomic mass is 10.1. The van der Waals surface area contributed by atoms with Gasteiger partial charge in [-0.25, -0.2) is 19.3 Å². The molecule has 11 nitrogen and oxygen atoms in total. The monoisotopic (exact) mass is 470 g/mol. The van der Waals surface area contributed by atoms with Gasteiger partial charge in [-0.1, -0.05) is 17.3 Å². The van der Waals surface area contributed by atoms with Crippen LogP contribution in [0.3, 0.4) is 0 Å². The number of hydrogen-bond donors (Lipinski definition) is 3. The van der Waals surface area contributed by atoms with Crippen LogP contribution in [0.25, 0.3) is 11.2 Å². The number of anilines is 1. The fourth-order valence-electron chi connectivity index (χ4n) is 3.86. The summed E-state index contributed by atoms with van der Waals surface area (Å²) in [5.41, 5.74) is 2.23. The summed E-state index contributed by atoms with van der Waals surface area (Å²) in [5.74, 6) is 0.797. The first-order valence-electron chi connectivity index (χ1n) is 10.7. The molecule has 5 rings (SSSR count). The minimum absolute atomic E-state index is 0.0443. The van der Waals surface area contributed by atoms with Crippen molar-refractivity contribution in [3.05, 3.63) is 65.8 Å². The summed E-state index contributed by atoms with van der Waals surface area (Å²) >= 11 is 0. The van der Waals surface area contributed by atoms with E-state index in [4.69, 9.17) is 14.0 Å². The van der Waals surface area contributed by atoms with Gasteiger partial charge in [-0.05, 0) is 24.6 Å². The fraction of sp³-hybridized carbons (Fsp3) is 0.364. The van der Waals surface area contributed by atoms with E-state index in [1.807, 2.05) is 0 Å². The molecular weight excluding hydrogens is 447 g/mol. The molecule has 34 heavy (non-hydrogen) atoms. The van der Waals surface area contributed by atoms with E-state index in [9.17, 15) is 14.6 Å². The van der Waals surface area contributed by atoms with Crippen LogP contribution in [0.1, 0.15) is 23.2 Å². The summed E-state index contributed by atoms with van der Waals surface area (Å²) in [7, 11) is 0. The van der Waals surface area contributed by atoms with Crippen LogP contribution in [-0.4, -0.2) is 59.8 Å². The highest BCUT2D eigenvalue weighted by molar-refractivity contribution is 5.82. The molecule has 1 fully saturated rings. The van der Waals surface area contributed by atoms with Gasteiger partial charge in [0, 0.05) is 12.6 Å². The molecule has 3 aromatic heterocycles. The third-order valence-corrected chi connectivity index (χ3v) is 5.53. The van der Waals surface area contributed by atoms with Crippen LogP contribution in [0.5, 0.6) is 0 Å². The summed E-state index contributed by atoms with van der Waals surface area (Å²) < 4.78 is 31.5. The Morgan fingerprint density at radius 2 is 2.06 bits per heavy atom. The molecule has 1 aromatic carbocycles. The molecule has 3 N–H and O–H groups in total. The van der Waals surface area contributed by atoms with E-state index in [1.165, 1.54) is 24.8 Å². The highest BCUT2D eigenvalue weighted by Gasteiger charge is 2.44. The molecule has 0 radical (unpaired) electrons. The Morgan fingerprint density at radius 1 is 1.18 bits per heavy atom. The molecule has 0 unspecified atom stereocenters. The molecule has 1 aliphatic heterocycles. The number of aryl methyl sites for hydroxylation is 1. The molecule has 12 heteroatoms. The summed E-state index contributed by atoms with van der Waals surface area (Å²) in [4.78, 5) is 12.9. The number of aliphatic hydroxyl groups excluding tert-OH is 2. The third-order valence-electron chi connectivity index (χ3n) is 5.53. The number of aromatic nitrogens is 5. The third kappa shape index (κ3) is 4.48. The number of rotatable bonds is 8. The lowest BCUT2D eigenvalue weighted by Crippen LogP contribution is -2.33. The van der Waals surface area contributed by atoms with Gasteiger partial charge in [0.05, 0.1) is 19.5 Å². The lowest BCUT2D eigenvalue weighted by molar-refractivity contribution is -0.0687. The molecule has 4 heterocycles. The average Bonchev–Trinajstić information content (AvgIpc) is 3.52. The number of imidazole rings is 1. The lowest BCUT2D eigenvalue weighted by Gasteiger charge is -2.16. The topological polar surface area (TPSA) is 141 Å². The van der Waals surface area contributed by atoms with Crippen LogP contribution in [0.2, 0.25) is 0 Å². The summed E-state index contributed by atoms with van der Waals surface area (Å²) in [6.45, 7) is 2.35. The Labute approximate surface area is 193 Å². The molecule has 0 amide bonds. The van der Waals surface area contributed by atoms with Crippen molar-refractivity contribution in [2.75, 3.05) is 11.9 Å². The van der Waals surface area contributed by atoms with Gasteiger partial charge in [0.25, 0.3) is 0 Å². The van der Waals surface area contributed by atoms with E-state index in [1.54, 1.807) is 29.7 Å². The van der Waals surface area contributed by atoms with Gasteiger partial charge in [-0.2, -0.15) is 0 Å². The number of nitrogens with one attached hydrogen (secondary N) is 1. The maximum atomic E-state index is 13.4. The van der Waals surface area contributed by atoms with Crippen LogP contribution >= 0.6 is 0 Å². The van der Waals surface area contributed by atoms with Crippen LogP contribution < -0.4 is 5.32 Å². The van der Waals surface area contributed by atoms with Crippen LogP contribution in [0.4, 0.5) is 10.2 Å². The summed E-state index contributed by atoms with van der Waals surface area (Å²) in [6, 6.07) is 7.99. The van der Waals surface area contributed by atoms with Crippen molar-refractivity contribution in [3.8, 4) is 0 Å². The van der Waals surface area contributed by atoms with Gasteiger partial charge < -0.3 is 29.5 Å². The quantitative estimate of drug-likeness (QED) is 0.348. The van der Waals surface area contributed by atoms with E-state index < -0.39 is 24.5 Å².